The maximum Gasteiger partial charge on any atom is 1.00 e. The van der Waals surface area contributed by atoms with Crippen molar-refractivity contribution >= 4 is 42.2 Å². The predicted octanol–water partition coefficient (Wildman–Crippen LogP) is 4.73. The van der Waals surface area contributed by atoms with Crippen LogP contribution >= 0.6 is 30.4 Å². The Morgan fingerprint density at radius 3 is 1.73 bits per heavy atom. The fourth-order valence-electron chi connectivity index (χ4n) is 1.46. The molecule has 0 radical (unpaired) electrons. The van der Waals surface area contributed by atoms with E-state index >= 15 is 0 Å². The molecule has 0 atom stereocenters. The van der Waals surface area contributed by atoms with Crippen LogP contribution in [-0.2, 0) is 9.59 Å². The van der Waals surface area contributed by atoms with Crippen molar-refractivity contribution in [3.05, 3.63) is 21.8 Å². The smallest absolute Gasteiger partial charge is 1.00 e. The third-order valence-corrected chi connectivity index (χ3v) is 2.74. The van der Waals surface area contributed by atoms with E-state index in [9.17, 15) is 34.8 Å². The van der Waals surface area contributed by atoms with E-state index in [0.717, 1.165) is 3.58 Å². The maximum atomic E-state index is 11.1. The Morgan fingerprint density at radius 1 is 1.14 bits per heavy atom. The summed E-state index contributed by atoms with van der Waals surface area (Å²) >= 11 is 2.19. The van der Waals surface area contributed by atoms with Gasteiger partial charge in [-0.25, -0.2) is 0 Å². The van der Waals surface area contributed by atoms with Gasteiger partial charge in [-0.3, -0.25) is 9.59 Å². The van der Waals surface area contributed by atoms with Crippen molar-refractivity contribution in [1.29, 1.82) is 0 Å². The third-order valence-electron chi connectivity index (χ3n) is 1.94. The van der Waals surface area contributed by atoms with Gasteiger partial charge in [-0.1, -0.05) is 6.08 Å². The van der Waals surface area contributed by atoms with Gasteiger partial charge in [0, 0.05) is 23.8 Å². The van der Waals surface area contributed by atoms with Gasteiger partial charge in [0.2, 0.25) is 11.8 Å². The molecule has 130 valence electrons. The van der Waals surface area contributed by atoms with E-state index in [1.165, 1.54) is 13.8 Å². The molecule has 0 aromatic carbocycles. The maximum absolute atomic E-state index is 11.1. The van der Waals surface area contributed by atoms with Crippen molar-refractivity contribution in [2.75, 3.05) is 0 Å². The molecule has 0 saturated carbocycles. The average molecular weight is 466 g/mol. The molecule has 4 nitrogen and oxygen atoms in total. The number of allylic oxidation sites excluding steroid dienone is 2. The standard InChI is InChI=1S/C10H13IN2O2.F6P/c1-7(14)12-10(13-8(2)15)5-3-9(11)4-6-10;1-7(2,3,4,5)6/h3-5H,6H2,1-2H3,(H,12,14)(H,13,15);/q;-1/p+1. The van der Waals surface area contributed by atoms with Crippen molar-refractivity contribution in [3.8, 4) is 0 Å². The van der Waals surface area contributed by atoms with Gasteiger partial charge in [0.1, 0.15) is 5.66 Å². The Kier molecular flexibility index (Phi) is 5.76. The summed E-state index contributed by atoms with van der Waals surface area (Å²) in [6.45, 7) is 2.86. The number of rotatable bonds is 2. The fourth-order valence-corrected chi connectivity index (χ4v) is 1.86. The second-order valence-corrected chi connectivity index (χ2v) is 7.58. The average Bonchev–Trinajstić information content (AvgIpc) is 2.16. The van der Waals surface area contributed by atoms with E-state index < -0.39 is 13.5 Å². The van der Waals surface area contributed by atoms with Crippen molar-refractivity contribution < 1.29 is 36.2 Å². The van der Waals surface area contributed by atoms with Crippen LogP contribution in [0, 0.1) is 0 Å². The summed E-state index contributed by atoms with van der Waals surface area (Å²) < 4.78 is 60.3. The largest absolute Gasteiger partial charge is 1.00 e. The molecule has 0 bridgehead atoms. The molecule has 12 heteroatoms. The first-order chi connectivity index (χ1) is 9.38. The predicted molar refractivity (Wildman–Crippen MR) is 80.9 cm³/mol. The molecule has 2 amide bonds. The van der Waals surface area contributed by atoms with Gasteiger partial charge in [0.15, 0.2) is 0 Å². The molecule has 0 aromatic rings. The van der Waals surface area contributed by atoms with E-state index in [-0.39, 0.29) is 13.2 Å². The van der Waals surface area contributed by atoms with E-state index in [1.807, 2.05) is 12.2 Å². The van der Waals surface area contributed by atoms with Gasteiger partial charge in [-0.15, -0.1) is 0 Å². The van der Waals surface area contributed by atoms with Crippen LogP contribution < -0.4 is 10.6 Å². The number of halogens is 7. The van der Waals surface area contributed by atoms with Gasteiger partial charge in [0.25, 0.3) is 0 Å². The quantitative estimate of drug-likeness (QED) is 0.268. The van der Waals surface area contributed by atoms with Crippen LogP contribution in [0.1, 0.15) is 21.7 Å². The van der Waals surface area contributed by atoms with Gasteiger partial charge < -0.3 is 10.6 Å². The summed E-state index contributed by atoms with van der Waals surface area (Å²) in [7, 11) is -10.7. The van der Waals surface area contributed by atoms with Gasteiger partial charge >= 0.3 is 34.4 Å². The molecular weight excluding hydrogens is 452 g/mol. The summed E-state index contributed by atoms with van der Waals surface area (Å²) in [6, 6.07) is 0. The van der Waals surface area contributed by atoms with Crippen LogP contribution in [0.15, 0.2) is 21.8 Å². The normalized spacial score (nSPS) is 19.6. The van der Waals surface area contributed by atoms with E-state index in [1.54, 1.807) is 6.08 Å². The number of hydrogen-bond donors (Lipinski definition) is 2. The minimum Gasteiger partial charge on any atom is 1.00 e. The number of amides is 2. The number of carbonyl (C=O) groups excluding carboxylic acids is 2. The molecule has 1 aliphatic rings. The first-order valence-electron chi connectivity index (χ1n) is 5.57. The van der Waals surface area contributed by atoms with Crippen LogP contribution in [-0.4, -0.2) is 17.5 Å². The molecule has 0 heterocycles. The van der Waals surface area contributed by atoms with E-state index in [0.29, 0.717) is 6.42 Å². The Morgan fingerprint density at radius 2 is 1.50 bits per heavy atom. The van der Waals surface area contributed by atoms with Gasteiger partial charge in [-0.05, 0) is 34.7 Å². The molecule has 0 fully saturated rings. The first kappa shape index (κ1) is 21.2. The third kappa shape index (κ3) is 14.1. The zero-order chi connectivity index (χ0) is 17.9. The minimum absolute atomic E-state index is 0. The molecule has 0 aromatic heterocycles. The molecule has 0 saturated heterocycles. The van der Waals surface area contributed by atoms with E-state index in [4.69, 9.17) is 0 Å². The van der Waals surface area contributed by atoms with Crippen LogP contribution in [0.25, 0.3) is 0 Å². The Hall–Kier alpha value is -0.840. The van der Waals surface area contributed by atoms with Crippen molar-refractivity contribution in [2.45, 2.75) is 25.9 Å². The SMILES string of the molecule is CC(=O)NC1(NC(C)=O)C=CC(I)=CC1.F[P-](F)(F)(F)(F)F.[H+]. The Bertz CT molecular complexity index is 507. The molecule has 1 rings (SSSR count). The molecular formula is C10H14F6IN2O2P. The van der Waals surface area contributed by atoms with Crippen LogP contribution in [0.5, 0.6) is 0 Å². The van der Waals surface area contributed by atoms with Crippen molar-refractivity contribution in [3.63, 3.8) is 0 Å². The number of nitrogens with one attached hydrogen (secondary N) is 2. The monoisotopic (exact) mass is 466 g/mol. The zero-order valence-electron chi connectivity index (χ0n) is 12.3. The summed E-state index contributed by atoms with van der Waals surface area (Å²) in [6.07, 6.45) is 6.21. The molecule has 0 unspecified atom stereocenters. The summed E-state index contributed by atoms with van der Waals surface area (Å²) in [5.74, 6) is -0.336. The number of hydrogen-bond acceptors (Lipinski definition) is 2. The van der Waals surface area contributed by atoms with Gasteiger partial charge in [-0.2, -0.15) is 0 Å². The van der Waals surface area contributed by atoms with E-state index in [2.05, 4.69) is 33.2 Å². The van der Waals surface area contributed by atoms with Crippen LogP contribution in [0.4, 0.5) is 25.2 Å². The minimum atomic E-state index is -10.7. The second kappa shape index (κ2) is 5.99. The summed E-state index contributed by atoms with van der Waals surface area (Å²) in [5, 5.41) is 5.48. The molecule has 1 aliphatic carbocycles. The van der Waals surface area contributed by atoms with Crippen molar-refractivity contribution in [2.24, 2.45) is 0 Å². The van der Waals surface area contributed by atoms with Crippen LogP contribution in [0.3, 0.4) is 0 Å². The zero-order valence-corrected chi connectivity index (χ0v) is 14.4. The summed E-state index contributed by atoms with van der Waals surface area (Å²) in [5.41, 5.74) is -0.758. The Balaban J connectivity index is 0. The second-order valence-electron chi connectivity index (χ2n) is 4.42. The molecule has 0 aliphatic heterocycles. The fraction of sp³-hybridized carbons (Fsp3) is 0.400. The van der Waals surface area contributed by atoms with Crippen molar-refractivity contribution in [1.82, 2.24) is 10.6 Å². The first-order valence-corrected chi connectivity index (χ1v) is 8.68. The van der Waals surface area contributed by atoms with Crippen LogP contribution in [0.2, 0.25) is 0 Å². The van der Waals surface area contributed by atoms with Gasteiger partial charge in [0.05, 0.1) is 0 Å². The molecule has 22 heavy (non-hydrogen) atoms. The number of carbonyl (C=O) groups is 2. The summed E-state index contributed by atoms with van der Waals surface area (Å²) in [4.78, 5) is 22.1. The topological polar surface area (TPSA) is 58.2 Å². The Labute approximate surface area is 137 Å². The molecule has 0 spiro atoms. The molecule has 2 N–H and O–H groups in total.